The number of rotatable bonds is 3. The van der Waals surface area contributed by atoms with Gasteiger partial charge in [-0.25, -0.2) is 9.18 Å². The number of benzene rings is 1. The molecule has 0 radical (unpaired) electrons. The summed E-state index contributed by atoms with van der Waals surface area (Å²) < 4.78 is 13.2. The topological polar surface area (TPSA) is 114 Å². The summed E-state index contributed by atoms with van der Waals surface area (Å²) in [5.74, 6) is -1.18. The SMILES string of the molecule is NC(=O)Nc1cc(F)ccc1-c1[nH]ccc1C(N)=O. The van der Waals surface area contributed by atoms with Crippen molar-refractivity contribution in [1.82, 2.24) is 4.98 Å². The van der Waals surface area contributed by atoms with Gasteiger partial charge in [0.15, 0.2) is 0 Å². The number of halogens is 1. The molecular weight excluding hydrogens is 251 g/mol. The average Bonchev–Trinajstić information content (AvgIpc) is 2.77. The number of hydrogen-bond acceptors (Lipinski definition) is 2. The molecule has 1 aromatic carbocycles. The van der Waals surface area contributed by atoms with Crippen molar-refractivity contribution in [3.8, 4) is 11.3 Å². The lowest BCUT2D eigenvalue weighted by molar-refractivity contribution is 0.100. The number of carbonyl (C=O) groups excluding carboxylic acids is 2. The number of aromatic amines is 1. The fourth-order valence-electron chi connectivity index (χ4n) is 1.77. The smallest absolute Gasteiger partial charge is 0.316 e. The molecule has 6 nitrogen and oxygen atoms in total. The second-order valence-electron chi connectivity index (χ2n) is 3.81. The Hall–Kier alpha value is -2.83. The van der Waals surface area contributed by atoms with Crippen LogP contribution in [-0.2, 0) is 0 Å². The number of H-pyrrole nitrogens is 1. The van der Waals surface area contributed by atoms with Crippen molar-refractivity contribution in [2.75, 3.05) is 5.32 Å². The summed E-state index contributed by atoms with van der Waals surface area (Å²) in [6.45, 7) is 0. The lowest BCUT2D eigenvalue weighted by Crippen LogP contribution is -2.20. The lowest BCUT2D eigenvalue weighted by Gasteiger charge is -2.10. The van der Waals surface area contributed by atoms with Crippen LogP contribution in [0.15, 0.2) is 30.5 Å². The zero-order chi connectivity index (χ0) is 14.0. The molecule has 0 fully saturated rings. The molecule has 0 saturated carbocycles. The van der Waals surface area contributed by atoms with Gasteiger partial charge in [0, 0.05) is 11.8 Å². The molecule has 0 saturated heterocycles. The quantitative estimate of drug-likeness (QED) is 0.669. The van der Waals surface area contributed by atoms with Gasteiger partial charge in [-0.2, -0.15) is 0 Å². The van der Waals surface area contributed by atoms with Gasteiger partial charge in [-0.1, -0.05) is 0 Å². The van der Waals surface area contributed by atoms with Crippen LogP contribution in [0.4, 0.5) is 14.9 Å². The standard InChI is InChI=1S/C12H11FN4O2/c13-6-1-2-7(9(5-6)17-12(15)19)10-8(11(14)18)3-4-16-10/h1-5,16H,(H2,14,18)(H3,15,17,19). The third-order valence-electron chi connectivity index (χ3n) is 2.52. The molecule has 0 bridgehead atoms. The molecule has 0 spiro atoms. The van der Waals surface area contributed by atoms with E-state index < -0.39 is 17.8 Å². The van der Waals surface area contributed by atoms with Gasteiger partial charge in [0.2, 0.25) is 0 Å². The van der Waals surface area contributed by atoms with Crippen LogP contribution < -0.4 is 16.8 Å². The third kappa shape index (κ3) is 2.54. The summed E-state index contributed by atoms with van der Waals surface area (Å²) in [5.41, 5.74) is 11.4. The van der Waals surface area contributed by atoms with Gasteiger partial charge in [0.25, 0.3) is 5.91 Å². The molecule has 0 aliphatic rings. The van der Waals surface area contributed by atoms with Crippen molar-refractivity contribution in [2.24, 2.45) is 11.5 Å². The highest BCUT2D eigenvalue weighted by molar-refractivity contribution is 6.02. The first kappa shape index (κ1) is 12.6. The number of amides is 3. The van der Waals surface area contributed by atoms with Gasteiger partial charge in [0.1, 0.15) is 5.82 Å². The monoisotopic (exact) mass is 262 g/mol. The van der Waals surface area contributed by atoms with E-state index in [2.05, 4.69) is 10.3 Å². The van der Waals surface area contributed by atoms with E-state index in [4.69, 9.17) is 11.5 Å². The highest BCUT2D eigenvalue weighted by Gasteiger charge is 2.15. The number of nitrogens with one attached hydrogen (secondary N) is 2. The number of urea groups is 1. The van der Waals surface area contributed by atoms with Gasteiger partial charge in [-0.3, -0.25) is 4.79 Å². The maximum Gasteiger partial charge on any atom is 0.316 e. The van der Waals surface area contributed by atoms with Crippen molar-refractivity contribution < 1.29 is 14.0 Å². The second kappa shape index (κ2) is 4.81. The van der Waals surface area contributed by atoms with Crippen molar-refractivity contribution >= 4 is 17.6 Å². The second-order valence-corrected chi connectivity index (χ2v) is 3.81. The largest absolute Gasteiger partial charge is 0.366 e. The number of hydrogen-bond donors (Lipinski definition) is 4. The van der Waals surface area contributed by atoms with Crippen molar-refractivity contribution in [3.63, 3.8) is 0 Å². The van der Waals surface area contributed by atoms with Crippen LogP contribution in [0.2, 0.25) is 0 Å². The normalized spacial score (nSPS) is 10.2. The van der Waals surface area contributed by atoms with Crippen molar-refractivity contribution in [1.29, 1.82) is 0 Å². The average molecular weight is 262 g/mol. The van der Waals surface area contributed by atoms with Gasteiger partial charge in [0.05, 0.1) is 16.9 Å². The summed E-state index contributed by atoms with van der Waals surface area (Å²) in [4.78, 5) is 25.0. The van der Waals surface area contributed by atoms with Crippen LogP contribution >= 0.6 is 0 Å². The van der Waals surface area contributed by atoms with E-state index in [1.807, 2.05) is 0 Å². The minimum atomic E-state index is -0.834. The van der Waals surface area contributed by atoms with Crippen molar-refractivity contribution in [3.05, 3.63) is 41.8 Å². The molecule has 7 heteroatoms. The highest BCUT2D eigenvalue weighted by atomic mass is 19.1. The molecule has 0 aliphatic heterocycles. The van der Waals surface area contributed by atoms with Gasteiger partial charge >= 0.3 is 6.03 Å². The predicted molar refractivity (Wildman–Crippen MR) is 67.9 cm³/mol. The summed E-state index contributed by atoms with van der Waals surface area (Å²) in [6, 6.07) is 4.38. The van der Waals surface area contributed by atoms with E-state index in [0.717, 1.165) is 6.07 Å². The Morgan fingerprint density at radius 3 is 2.58 bits per heavy atom. The van der Waals surface area contributed by atoms with Crippen LogP contribution in [0, 0.1) is 5.82 Å². The Morgan fingerprint density at radius 1 is 1.21 bits per heavy atom. The molecule has 2 rings (SSSR count). The van der Waals surface area contributed by atoms with E-state index in [1.54, 1.807) is 0 Å². The molecule has 0 atom stereocenters. The van der Waals surface area contributed by atoms with Crippen LogP contribution in [0.5, 0.6) is 0 Å². The zero-order valence-electron chi connectivity index (χ0n) is 9.74. The first-order valence-electron chi connectivity index (χ1n) is 5.32. The van der Waals surface area contributed by atoms with E-state index >= 15 is 0 Å². The number of nitrogens with two attached hydrogens (primary N) is 2. The molecule has 1 heterocycles. The van der Waals surface area contributed by atoms with Crippen LogP contribution in [-0.4, -0.2) is 16.9 Å². The van der Waals surface area contributed by atoms with E-state index in [-0.39, 0.29) is 11.3 Å². The Balaban J connectivity index is 2.58. The number of aromatic nitrogens is 1. The molecule has 2 aromatic rings. The Morgan fingerprint density at radius 2 is 1.95 bits per heavy atom. The molecule has 0 aliphatic carbocycles. The molecule has 0 unspecified atom stereocenters. The van der Waals surface area contributed by atoms with Gasteiger partial charge in [-0.05, 0) is 24.3 Å². The molecule has 1 aromatic heterocycles. The van der Waals surface area contributed by atoms with E-state index in [1.165, 1.54) is 24.4 Å². The molecule has 3 amide bonds. The predicted octanol–water partition coefficient (Wildman–Crippen LogP) is 1.41. The summed E-state index contributed by atoms with van der Waals surface area (Å²) in [5, 5.41) is 2.30. The maximum absolute atomic E-state index is 13.2. The van der Waals surface area contributed by atoms with Gasteiger partial charge < -0.3 is 21.8 Å². The zero-order valence-corrected chi connectivity index (χ0v) is 9.74. The Kier molecular flexibility index (Phi) is 3.19. The van der Waals surface area contributed by atoms with Crippen LogP contribution in [0.3, 0.4) is 0 Å². The minimum absolute atomic E-state index is 0.150. The van der Waals surface area contributed by atoms with Crippen molar-refractivity contribution in [2.45, 2.75) is 0 Å². The fourth-order valence-corrected chi connectivity index (χ4v) is 1.77. The molecule has 98 valence electrons. The van der Waals surface area contributed by atoms with Gasteiger partial charge in [-0.15, -0.1) is 0 Å². The Labute approximate surface area is 107 Å². The number of anilines is 1. The molecule has 19 heavy (non-hydrogen) atoms. The highest BCUT2D eigenvalue weighted by Crippen LogP contribution is 2.30. The summed E-state index contributed by atoms with van der Waals surface area (Å²) in [7, 11) is 0. The number of primary amides is 2. The third-order valence-corrected chi connectivity index (χ3v) is 2.52. The Bertz CT molecular complexity index is 651. The molecular formula is C12H11FN4O2. The first-order valence-corrected chi connectivity index (χ1v) is 5.32. The lowest BCUT2D eigenvalue weighted by atomic mass is 10.1. The van der Waals surface area contributed by atoms with E-state index in [0.29, 0.717) is 11.3 Å². The van der Waals surface area contributed by atoms with E-state index in [9.17, 15) is 14.0 Å². The van der Waals surface area contributed by atoms with Crippen LogP contribution in [0.1, 0.15) is 10.4 Å². The maximum atomic E-state index is 13.2. The molecule has 6 N–H and O–H groups in total. The van der Waals surface area contributed by atoms with Crippen LogP contribution in [0.25, 0.3) is 11.3 Å². The minimum Gasteiger partial charge on any atom is -0.366 e. The fraction of sp³-hybridized carbons (Fsp3) is 0. The summed E-state index contributed by atoms with van der Waals surface area (Å²) >= 11 is 0. The first-order chi connectivity index (χ1) is 8.99. The summed E-state index contributed by atoms with van der Waals surface area (Å²) in [6.07, 6.45) is 1.52. The number of carbonyl (C=O) groups is 2.